The fourth-order valence-electron chi connectivity index (χ4n) is 4.52. The van der Waals surface area contributed by atoms with Crippen molar-refractivity contribution in [2.24, 2.45) is 5.73 Å². The number of fused-ring (bicyclic) bond motifs is 1. The Bertz CT molecular complexity index is 1510. The van der Waals surface area contributed by atoms with Gasteiger partial charge in [-0.2, -0.15) is 14.9 Å². The average Bonchev–Trinajstić information content (AvgIpc) is 3.46. The summed E-state index contributed by atoms with van der Waals surface area (Å²) >= 11 is 0. The van der Waals surface area contributed by atoms with E-state index in [1.807, 2.05) is 24.6 Å². The molecule has 1 aliphatic rings. The van der Waals surface area contributed by atoms with Crippen LogP contribution in [0.3, 0.4) is 0 Å². The third-order valence-electron chi connectivity index (χ3n) is 6.21. The van der Waals surface area contributed by atoms with Gasteiger partial charge in [-0.1, -0.05) is 6.07 Å². The van der Waals surface area contributed by atoms with Gasteiger partial charge in [-0.25, -0.2) is 8.78 Å². The molecule has 0 aliphatic carbocycles. The van der Waals surface area contributed by atoms with Crippen molar-refractivity contribution in [1.29, 1.82) is 0 Å². The summed E-state index contributed by atoms with van der Waals surface area (Å²) in [6.07, 6.45) is 2.58. The summed E-state index contributed by atoms with van der Waals surface area (Å²) in [5.41, 5.74) is 6.78. The molecule has 2 aromatic heterocycles. The molecule has 9 nitrogen and oxygen atoms in total. The number of benzene rings is 2. The van der Waals surface area contributed by atoms with Crippen molar-refractivity contribution < 1.29 is 13.6 Å². The van der Waals surface area contributed by atoms with E-state index in [-0.39, 0.29) is 17.8 Å². The SMILES string of the molecule is CC(C)n1ncc2c(N3CC[C@@H](N)C3)c(NC(=O)c3ccc(=O)n(-c4c(F)cccc4F)n3)ccc21. The van der Waals surface area contributed by atoms with Gasteiger partial charge in [-0.15, -0.1) is 0 Å². The number of para-hydroxylation sites is 1. The van der Waals surface area contributed by atoms with E-state index in [1.165, 1.54) is 12.1 Å². The molecule has 3 N–H and O–H groups in total. The Morgan fingerprint density at radius 1 is 1.11 bits per heavy atom. The maximum absolute atomic E-state index is 14.3. The monoisotopic (exact) mass is 493 g/mol. The molecule has 2 aromatic carbocycles. The first kappa shape index (κ1) is 23.6. The van der Waals surface area contributed by atoms with Crippen molar-refractivity contribution in [2.75, 3.05) is 23.3 Å². The predicted molar refractivity (Wildman–Crippen MR) is 133 cm³/mol. The highest BCUT2D eigenvalue weighted by atomic mass is 19.1. The van der Waals surface area contributed by atoms with Crippen LogP contribution in [0.25, 0.3) is 16.6 Å². The summed E-state index contributed by atoms with van der Waals surface area (Å²) < 4.78 is 31.0. The van der Waals surface area contributed by atoms with Crippen LogP contribution in [-0.4, -0.2) is 44.6 Å². The number of carbonyl (C=O) groups is 1. The Morgan fingerprint density at radius 2 is 1.86 bits per heavy atom. The Hall–Kier alpha value is -4.12. The largest absolute Gasteiger partial charge is 0.368 e. The van der Waals surface area contributed by atoms with Crippen molar-refractivity contribution >= 4 is 28.2 Å². The van der Waals surface area contributed by atoms with Crippen LogP contribution in [0.15, 0.2) is 53.5 Å². The summed E-state index contributed by atoms with van der Waals surface area (Å²) in [6.45, 7) is 5.40. The second-order valence-corrected chi connectivity index (χ2v) is 9.07. The molecule has 1 saturated heterocycles. The van der Waals surface area contributed by atoms with Crippen molar-refractivity contribution in [3.8, 4) is 5.69 Å². The molecule has 0 saturated carbocycles. The lowest BCUT2D eigenvalue weighted by atomic mass is 10.1. The van der Waals surface area contributed by atoms with Gasteiger partial charge >= 0.3 is 0 Å². The molecule has 0 unspecified atom stereocenters. The second kappa shape index (κ2) is 9.15. The average molecular weight is 494 g/mol. The van der Waals surface area contributed by atoms with Gasteiger partial charge in [0, 0.05) is 36.6 Å². The number of hydrogen-bond donors (Lipinski definition) is 2. The van der Waals surface area contributed by atoms with Crippen LogP contribution in [0.1, 0.15) is 36.8 Å². The molecule has 1 fully saturated rings. The molecule has 0 radical (unpaired) electrons. The van der Waals surface area contributed by atoms with Crippen molar-refractivity contribution in [2.45, 2.75) is 32.4 Å². The summed E-state index contributed by atoms with van der Waals surface area (Å²) in [5, 5.41) is 12.2. The molecular weight excluding hydrogens is 468 g/mol. The van der Waals surface area contributed by atoms with Crippen molar-refractivity contribution in [3.05, 3.63) is 76.3 Å². The van der Waals surface area contributed by atoms with Gasteiger partial charge in [-0.05, 0) is 50.6 Å². The highest BCUT2D eigenvalue weighted by Crippen LogP contribution is 2.37. The van der Waals surface area contributed by atoms with Crippen LogP contribution in [0.4, 0.5) is 20.2 Å². The van der Waals surface area contributed by atoms with Crippen LogP contribution in [0.5, 0.6) is 0 Å². The number of amides is 1. The Morgan fingerprint density at radius 3 is 2.53 bits per heavy atom. The first-order valence-corrected chi connectivity index (χ1v) is 11.6. The summed E-state index contributed by atoms with van der Waals surface area (Å²) in [7, 11) is 0. The molecule has 0 spiro atoms. The van der Waals surface area contributed by atoms with E-state index in [0.717, 1.165) is 41.2 Å². The highest BCUT2D eigenvalue weighted by molar-refractivity contribution is 6.08. The van der Waals surface area contributed by atoms with Crippen LogP contribution in [0.2, 0.25) is 0 Å². The highest BCUT2D eigenvalue weighted by Gasteiger charge is 2.26. The third kappa shape index (κ3) is 4.11. The first-order valence-electron chi connectivity index (χ1n) is 11.6. The molecule has 0 bridgehead atoms. The van der Waals surface area contributed by atoms with Gasteiger partial charge in [0.1, 0.15) is 11.4 Å². The number of nitrogens with zero attached hydrogens (tertiary/aromatic N) is 5. The van der Waals surface area contributed by atoms with E-state index in [1.54, 1.807) is 12.3 Å². The number of nitrogens with two attached hydrogens (primary N) is 1. The fraction of sp³-hybridized carbons (Fsp3) is 0.280. The Balaban J connectivity index is 1.56. The number of hydrogen-bond acceptors (Lipinski definition) is 6. The van der Waals surface area contributed by atoms with Crippen molar-refractivity contribution in [1.82, 2.24) is 19.6 Å². The maximum atomic E-state index is 14.3. The Kier molecular flexibility index (Phi) is 6.00. The lowest BCUT2D eigenvalue weighted by Gasteiger charge is -2.23. The molecule has 11 heteroatoms. The number of aromatic nitrogens is 4. The fourth-order valence-corrected chi connectivity index (χ4v) is 4.52. The standard InChI is InChI=1S/C25H25F2N7O2/c1-14(2)33-21-8-6-19(23(16(21)12-29-33)32-11-10-15(28)13-32)30-25(36)20-7-9-22(35)34(31-20)24-17(26)4-3-5-18(24)27/h3-9,12,14-15H,10-11,13,28H2,1-2H3,(H,30,36)/t15-/m1/s1. The summed E-state index contributed by atoms with van der Waals surface area (Å²) in [4.78, 5) is 27.7. The van der Waals surface area contributed by atoms with Gasteiger partial charge in [-0.3, -0.25) is 14.3 Å². The molecule has 4 aromatic rings. The van der Waals surface area contributed by atoms with Gasteiger partial charge < -0.3 is 16.0 Å². The smallest absolute Gasteiger partial charge is 0.276 e. The normalized spacial score (nSPS) is 15.7. The number of rotatable bonds is 5. The molecule has 1 atom stereocenters. The number of anilines is 2. The van der Waals surface area contributed by atoms with Gasteiger partial charge in [0.2, 0.25) is 0 Å². The minimum absolute atomic E-state index is 0.00448. The molecule has 36 heavy (non-hydrogen) atoms. The topological polar surface area (TPSA) is 111 Å². The second-order valence-electron chi connectivity index (χ2n) is 9.07. The van der Waals surface area contributed by atoms with E-state index in [0.29, 0.717) is 23.5 Å². The van der Waals surface area contributed by atoms with Crippen LogP contribution in [0, 0.1) is 11.6 Å². The maximum Gasteiger partial charge on any atom is 0.276 e. The molecule has 1 amide bonds. The van der Waals surface area contributed by atoms with E-state index in [9.17, 15) is 18.4 Å². The lowest BCUT2D eigenvalue weighted by Crippen LogP contribution is -2.28. The summed E-state index contributed by atoms with van der Waals surface area (Å²) in [5.74, 6) is -2.58. The minimum Gasteiger partial charge on any atom is -0.368 e. The van der Waals surface area contributed by atoms with Gasteiger partial charge in [0.25, 0.3) is 11.5 Å². The van der Waals surface area contributed by atoms with E-state index >= 15 is 0 Å². The van der Waals surface area contributed by atoms with Gasteiger partial charge in [0.05, 0.1) is 23.1 Å². The zero-order valence-corrected chi connectivity index (χ0v) is 19.8. The van der Waals surface area contributed by atoms with E-state index in [2.05, 4.69) is 20.4 Å². The molecule has 186 valence electrons. The lowest BCUT2D eigenvalue weighted by molar-refractivity contribution is 0.102. The Labute approximate surface area is 205 Å². The van der Waals surface area contributed by atoms with Crippen molar-refractivity contribution in [3.63, 3.8) is 0 Å². The molecular formula is C25H25F2N7O2. The molecule has 3 heterocycles. The van der Waals surface area contributed by atoms with Gasteiger partial charge in [0.15, 0.2) is 11.6 Å². The predicted octanol–water partition coefficient (Wildman–Crippen LogP) is 3.23. The zero-order valence-electron chi connectivity index (χ0n) is 19.8. The first-order chi connectivity index (χ1) is 17.2. The number of carbonyl (C=O) groups excluding carboxylic acids is 1. The van der Waals surface area contributed by atoms with E-state index < -0.39 is 28.8 Å². The number of nitrogens with one attached hydrogen (secondary N) is 1. The van der Waals surface area contributed by atoms with Crippen LogP contribution >= 0.6 is 0 Å². The van der Waals surface area contributed by atoms with Crippen LogP contribution in [-0.2, 0) is 0 Å². The minimum atomic E-state index is -0.970. The molecule has 5 rings (SSSR count). The molecule has 1 aliphatic heterocycles. The summed E-state index contributed by atoms with van der Waals surface area (Å²) in [6, 6.07) is 9.27. The third-order valence-corrected chi connectivity index (χ3v) is 6.21. The van der Waals surface area contributed by atoms with Crippen LogP contribution < -0.4 is 21.5 Å². The zero-order chi connectivity index (χ0) is 25.6. The number of halogens is 2. The van der Waals surface area contributed by atoms with E-state index in [4.69, 9.17) is 5.73 Å². The quantitative estimate of drug-likeness (QED) is 0.442.